The van der Waals surface area contributed by atoms with Gasteiger partial charge in [-0.05, 0) is 78.0 Å². The van der Waals surface area contributed by atoms with E-state index in [0.717, 1.165) is 39.0 Å². The zero-order chi connectivity index (χ0) is 33.0. The van der Waals surface area contributed by atoms with E-state index in [1.165, 1.54) is 38.9 Å². The molecule has 4 heteroatoms. The van der Waals surface area contributed by atoms with Crippen LogP contribution in [0.2, 0.25) is 0 Å². The number of fused-ring (bicyclic) bond motifs is 1. The predicted molar refractivity (Wildman–Crippen MR) is 196 cm³/mol. The molecule has 0 saturated carbocycles. The molecule has 0 atom stereocenters. The normalized spacial score (nSPS) is 11.0. The van der Waals surface area contributed by atoms with Crippen LogP contribution in [0.15, 0.2) is 128 Å². The smallest absolute Gasteiger partial charge is 0.0786 e. The standard InChI is InChI=1S/C32H29N2.C12H10N.Ir/c1-21-11-12-26(22(2)18-21)29-14-13-27(28-10-7-16-34-31(28)29)23-8-6-9-24(19-23)30-20-25(15-17-33-30)32(3,4)5;1-10-7-8-13-12(9-10)11-5-3-2-4-6-11;/h6-8,10-20H,1-5H3;2-5,7-9H,1H3;/q2*-1;. The summed E-state index contributed by atoms with van der Waals surface area (Å²) in [6.45, 7) is 13.0. The number of hydrogen-bond acceptors (Lipinski definition) is 3. The number of pyridine rings is 3. The Morgan fingerprint density at radius 1 is 0.542 bits per heavy atom. The average molecular weight is 802 g/mol. The molecule has 7 aromatic rings. The first-order valence-electron chi connectivity index (χ1n) is 16.0. The summed E-state index contributed by atoms with van der Waals surface area (Å²) in [5.41, 5.74) is 14.8. The number of aromatic nitrogens is 3. The summed E-state index contributed by atoms with van der Waals surface area (Å²) < 4.78 is 0. The van der Waals surface area contributed by atoms with Gasteiger partial charge in [-0.3, -0.25) is 4.98 Å². The Morgan fingerprint density at radius 3 is 1.98 bits per heavy atom. The van der Waals surface area contributed by atoms with Crippen molar-refractivity contribution in [2.45, 2.75) is 47.0 Å². The molecule has 0 amide bonds. The van der Waals surface area contributed by atoms with Gasteiger partial charge in [-0.1, -0.05) is 80.4 Å². The van der Waals surface area contributed by atoms with Crippen molar-refractivity contribution in [1.82, 2.24) is 15.0 Å². The van der Waals surface area contributed by atoms with Gasteiger partial charge in [0.2, 0.25) is 0 Å². The zero-order valence-electron chi connectivity index (χ0n) is 28.3. The van der Waals surface area contributed by atoms with Crippen LogP contribution in [0, 0.1) is 32.9 Å². The summed E-state index contributed by atoms with van der Waals surface area (Å²) in [6.07, 6.45) is 5.60. The largest absolute Gasteiger partial charge is 0.305 e. The maximum atomic E-state index is 4.81. The molecule has 0 aliphatic heterocycles. The molecule has 3 aromatic heterocycles. The third-order valence-corrected chi connectivity index (χ3v) is 8.36. The second kappa shape index (κ2) is 15.0. The maximum absolute atomic E-state index is 4.81. The molecule has 0 bridgehead atoms. The van der Waals surface area contributed by atoms with E-state index < -0.39 is 0 Å². The van der Waals surface area contributed by atoms with Crippen molar-refractivity contribution in [3.05, 3.63) is 162 Å². The Balaban J connectivity index is 0.000000270. The summed E-state index contributed by atoms with van der Waals surface area (Å²) in [5.74, 6) is 0. The minimum absolute atomic E-state index is 0. The summed E-state index contributed by atoms with van der Waals surface area (Å²) in [4.78, 5) is 13.7. The van der Waals surface area contributed by atoms with Crippen molar-refractivity contribution >= 4 is 10.9 Å². The van der Waals surface area contributed by atoms with E-state index in [2.05, 4.69) is 130 Å². The molecule has 1 radical (unpaired) electrons. The Hall–Kier alpha value is -4.76. The Morgan fingerprint density at radius 2 is 1.25 bits per heavy atom. The molecule has 0 aliphatic rings. The van der Waals surface area contributed by atoms with E-state index in [-0.39, 0.29) is 25.5 Å². The fourth-order valence-electron chi connectivity index (χ4n) is 5.82. The van der Waals surface area contributed by atoms with Crippen LogP contribution in [0.25, 0.3) is 55.7 Å². The van der Waals surface area contributed by atoms with E-state index >= 15 is 0 Å². The molecule has 0 aliphatic carbocycles. The molecule has 48 heavy (non-hydrogen) atoms. The first-order chi connectivity index (χ1) is 22.7. The molecule has 3 heterocycles. The molecule has 0 spiro atoms. The number of rotatable bonds is 4. The van der Waals surface area contributed by atoms with Gasteiger partial charge in [0, 0.05) is 49.6 Å². The van der Waals surface area contributed by atoms with Crippen LogP contribution < -0.4 is 0 Å². The molecule has 4 aromatic carbocycles. The Labute approximate surface area is 298 Å². The first-order valence-corrected chi connectivity index (χ1v) is 16.0. The molecule has 0 fully saturated rings. The van der Waals surface area contributed by atoms with Crippen LogP contribution in [-0.4, -0.2) is 15.0 Å². The van der Waals surface area contributed by atoms with Crippen molar-refractivity contribution < 1.29 is 20.1 Å². The number of nitrogens with zero attached hydrogens (tertiary/aromatic N) is 3. The topological polar surface area (TPSA) is 38.7 Å². The van der Waals surface area contributed by atoms with Gasteiger partial charge in [-0.15, -0.1) is 71.3 Å². The van der Waals surface area contributed by atoms with Crippen molar-refractivity contribution in [3.63, 3.8) is 0 Å². The third-order valence-electron chi connectivity index (χ3n) is 8.36. The van der Waals surface area contributed by atoms with Crippen LogP contribution in [0.3, 0.4) is 0 Å². The Kier molecular flexibility index (Phi) is 10.8. The molecule has 0 N–H and O–H groups in total. The average Bonchev–Trinajstić information content (AvgIpc) is 3.08. The second-order valence-corrected chi connectivity index (χ2v) is 13.0. The quantitative estimate of drug-likeness (QED) is 0.166. The molecule has 241 valence electrons. The van der Waals surface area contributed by atoms with E-state index in [4.69, 9.17) is 4.98 Å². The summed E-state index contributed by atoms with van der Waals surface area (Å²) in [6, 6.07) is 44.3. The van der Waals surface area contributed by atoms with Gasteiger partial charge in [-0.25, -0.2) is 0 Å². The van der Waals surface area contributed by atoms with Gasteiger partial charge in [-0.2, -0.15) is 0 Å². The fourth-order valence-corrected chi connectivity index (χ4v) is 5.82. The van der Waals surface area contributed by atoms with Crippen LogP contribution >= 0.6 is 0 Å². The van der Waals surface area contributed by atoms with Crippen molar-refractivity contribution in [2.24, 2.45) is 0 Å². The maximum Gasteiger partial charge on any atom is 0.0786 e. The van der Waals surface area contributed by atoms with E-state index in [9.17, 15) is 0 Å². The first kappa shape index (κ1) is 34.6. The van der Waals surface area contributed by atoms with Gasteiger partial charge in [0.1, 0.15) is 0 Å². The van der Waals surface area contributed by atoms with Gasteiger partial charge < -0.3 is 9.97 Å². The monoisotopic (exact) mass is 802 g/mol. The molecular weight excluding hydrogens is 763 g/mol. The van der Waals surface area contributed by atoms with E-state index in [1.54, 1.807) is 0 Å². The van der Waals surface area contributed by atoms with Crippen LogP contribution in [0.5, 0.6) is 0 Å². The van der Waals surface area contributed by atoms with Crippen LogP contribution in [0.4, 0.5) is 0 Å². The molecule has 3 nitrogen and oxygen atoms in total. The molecular formula is C44H39IrN3-2. The number of hydrogen-bond donors (Lipinski definition) is 0. The van der Waals surface area contributed by atoms with E-state index in [1.807, 2.05) is 61.1 Å². The van der Waals surface area contributed by atoms with Gasteiger partial charge in [0.05, 0.1) is 5.52 Å². The molecule has 0 unspecified atom stereocenters. The van der Waals surface area contributed by atoms with Crippen LogP contribution in [-0.2, 0) is 25.5 Å². The van der Waals surface area contributed by atoms with Gasteiger partial charge >= 0.3 is 0 Å². The minimum Gasteiger partial charge on any atom is -0.305 e. The number of benzene rings is 4. The van der Waals surface area contributed by atoms with Crippen molar-refractivity contribution in [1.29, 1.82) is 0 Å². The SMILES string of the molecule is Cc1ccc(-c2ccc(-c3cc[c-]c(-c4cc(C(C)(C)C)ccn4)c3)c3cccnc23)c(C)c1.Cc1ccnc(-c2[c-]cccc2)c1.[Ir]. The van der Waals surface area contributed by atoms with Crippen molar-refractivity contribution in [3.8, 4) is 44.8 Å². The third kappa shape index (κ3) is 7.85. The predicted octanol–water partition coefficient (Wildman–Crippen LogP) is 11.2. The van der Waals surface area contributed by atoms with Crippen molar-refractivity contribution in [2.75, 3.05) is 0 Å². The zero-order valence-corrected chi connectivity index (χ0v) is 30.7. The summed E-state index contributed by atoms with van der Waals surface area (Å²) in [7, 11) is 0. The summed E-state index contributed by atoms with van der Waals surface area (Å²) >= 11 is 0. The number of aryl methyl sites for hydroxylation is 3. The minimum atomic E-state index is 0. The Bertz CT molecular complexity index is 2160. The van der Waals surface area contributed by atoms with Gasteiger partial charge in [0.15, 0.2) is 0 Å². The molecule has 7 rings (SSSR count). The molecule has 0 saturated heterocycles. The van der Waals surface area contributed by atoms with Crippen LogP contribution in [0.1, 0.15) is 43.0 Å². The van der Waals surface area contributed by atoms with E-state index in [0.29, 0.717) is 0 Å². The van der Waals surface area contributed by atoms with Gasteiger partial charge in [0.25, 0.3) is 0 Å². The fraction of sp³-hybridized carbons (Fsp3) is 0.159. The summed E-state index contributed by atoms with van der Waals surface area (Å²) in [5, 5.41) is 1.15. The second-order valence-electron chi connectivity index (χ2n) is 13.0.